The van der Waals surface area contributed by atoms with Crippen LogP contribution in [0.15, 0.2) is 16.6 Å². The van der Waals surface area contributed by atoms with Gasteiger partial charge in [-0.05, 0) is 47.8 Å². The van der Waals surface area contributed by atoms with Gasteiger partial charge in [-0.2, -0.15) is 0 Å². The van der Waals surface area contributed by atoms with Crippen molar-refractivity contribution in [1.82, 2.24) is 4.90 Å². The summed E-state index contributed by atoms with van der Waals surface area (Å²) in [6.07, 6.45) is 1.90. The molecule has 1 aromatic rings. The van der Waals surface area contributed by atoms with Crippen LogP contribution in [0.2, 0.25) is 0 Å². The number of halogens is 3. The predicted octanol–water partition coefficient (Wildman–Crippen LogP) is 3.36. The number of rotatable bonds is 3. The van der Waals surface area contributed by atoms with Gasteiger partial charge in [-0.3, -0.25) is 4.79 Å². The zero-order valence-electron chi connectivity index (χ0n) is 9.79. The van der Waals surface area contributed by atoms with E-state index in [1.165, 1.54) is 12.1 Å². The van der Waals surface area contributed by atoms with Crippen LogP contribution in [0.4, 0.5) is 10.1 Å². The largest absolute Gasteiger partial charge is 0.397 e. The van der Waals surface area contributed by atoms with E-state index in [2.05, 4.69) is 15.9 Å². The lowest BCUT2D eigenvalue weighted by atomic mass is 10.1. The van der Waals surface area contributed by atoms with E-state index in [4.69, 9.17) is 17.3 Å². The molecule has 0 radical (unpaired) electrons. The molecule has 0 aliphatic heterocycles. The SMILES string of the molecule is CC(Cl)N(C(=O)c1ccc(F)c(Br)c1N)C1CC1. The molecule has 0 bridgehead atoms. The summed E-state index contributed by atoms with van der Waals surface area (Å²) in [5.41, 5.74) is 5.75. The summed E-state index contributed by atoms with van der Waals surface area (Å²) in [5.74, 6) is -0.737. The number of benzene rings is 1. The summed E-state index contributed by atoms with van der Waals surface area (Å²) < 4.78 is 13.4. The first-order valence-corrected chi connectivity index (χ1v) is 6.86. The van der Waals surface area contributed by atoms with Crippen LogP contribution in [0.5, 0.6) is 0 Å². The summed E-state index contributed by atoms with van der Waals surface area (Å²) in [7, 11) is 0. The third-order valence-corrected chi connectivity index (χ3v) is 3.94. The van der Waals surface area contributed by atoms with E-state index >= 15 is 0 Å². The van der Waals surface area contributed by atoms with Crippen molar-refractivity contribution in [2.45, 2.75) is 31.3 Å². The highest BCUT2D eigenvalue weighted by Crippen LogP contribution is 2.34. The Balaban J connectivity index is 2.36. The van der Waals surface area contributed by atoms with Gasteiger partial charge in [0.25, 0.3) is 5.91 Å². The van der Waals surface area contributed by atoms with Gasteiger partial charge in [-0.25, -0.2) is 4.39 Å². The molecule has 1 atom stereocenters. The van der Waals surface area contributed by atoms with Crippen LogP contribution in [-0.2, 0) is 0 Å². The Bertz CT molecular complexity index is 489. The Labute approximate surface area is 118 Å². The third kappa shape index (κ3) is 2.47. The number of anilines is 1. The lowest BCUT2D eigenvalue weighted by molar-refractivity contribution is 0.0730. The quantitative estimate of drug-likeness (QED) is 0.523. The first kappa shape index (κ1) is 13.6. The van der Waals surface area contributed by atoms with E-state index in [-0.39, 0.29) is 27.7 Å². The number of hydrogen-bond donors (Lipinski definition) is 1. The highest BCUT2D eigenvalue weighted by molar-refractivity contribution is 9.10. The molecule has 6 heteroatoms. The predicted molar refractivity (Wildman–Crippen MR) is 73.0 cm³/mol. The molecule has 1 aromatic carbocycles. The average Bonchev–Trinajstić information content (AvgIpc) is 3.10. The number of alkyl halides is 1. The van der Waals surface area contributed by atoms with Gasteiger partial charge in [-0.1, -0.05) is 11.6 Å². The third-order valence-electron chi connectivity index (χ3n) is 2.92. The van der Waals surface area contributed by atoms with Crippen LogP contribution in [0, 0.1) is 5.82 Å². The zero-order chi connectivity index (χ0) is 13.4. The van der Waals surface area contributed by atoms with Crippen molar-refractivity contribution in [3.05, 3.63) is 28.0 Å². The van der Waals surface area contributed by atoms with Gasteiger partial charge in [0.15, 0.2) is 0 Å². The number of hydrogen-bond acceptors (Lipinski definition) is 2. The van der Waals surface area contributed by atoms with Crippen molar-refractivity contribution in [2.24, 2.45) is 0 Å². The number of nitrogens with zero attached hydrogens (tertiary/aromatic N) is 1. The van der Waals surface area contributed by atoms with E-state index in [9.17, 15) is 9.18 Å². The smallest absolute Gasteiger partial charge is 0.257 e. The highest BCUT2D eigenvalue weighted by atomic mass is 79.9. The summed E-state index contributed by atoms with van der Waals surface area (Å²) in [6.45, 7) is 1.74. The lowest BCUT2D eigenvalue weighted by Gasteiger charge is -2.25. The van der Waals surface area contributed by atoms with Crippen LogP contribution < -0.4 is 5.73 Å². The molecule has 0 heterocycles. The van der Waals surface area contributed by atoms with Crippen LogP contribution in [0.3, 0.4) is 0 Å². The van der Waals surface area contributed by atoms with Crippen LogP contribution in [0.25, 0.3) is 0 Å². The van der Waals surface area contributed by atoms with Gasteiger partial charge >= 0.3 is 0 Å². The van der Waals surface area contributed by atoms with E-state index < -0.39 is 11.3 Å². The molecule has 1 saturated carbocycles. The van der Waals surface area contributed by atoms with Gasteiger partial charge in [0.2, 0.25) is 0 Å². The van der Waals surface area contributed by atoms with E-state index in [1.807, 2.05) is 0 Å². The molecule has 3 nitrogen and oxygen atoms in total. The molecule has 0 aromatic heterocycles. The maximum atomic E-state index is 13.3. The summed E-state index contributed by atoms with van der Waals surface area (Å²) in [4.78, 5) is 14.0. The fourth-order valence-electron chi connectivity index (χ4n) is 1.86. The summed E-state index contributed by atoms with van der Waals surface area (Å²) in [6, 6.07) is 2.79. The molecule has 1 aliphatic carbocycles. The lowest BCUT2D eigenvalue weighted by Crippen LogP contribution is -2.38. The molecular formula is C12H13BrClFN2O. The maximum absolute atomic E-state index is 13.3. The van der Waals surface area contributed by atoms with Gasteiger partial charge in [0.05, 0.1) is 15.7 Å². The van der Waals surface area contributed by atoms with E-state index in [0.29, 0.717) is 0 Å². The fourth-order valence-corrected chi connectivity index (χ4v) is 2.46. The standard InChI is InChI=1S/C12H13BrClFN2O/c1-6(14)17(7-2-3-7)12(18)8-4-5-9(15)10(13)11(8)16/h4-7H,2-3,16H2,1H3. The highest BCUT2D eigenvalue weighted by Gasteiger charge is 2.36. The number of carbonyl (C=O) groups excluding carboxylic acids is 1. The monoisotopic (exact) mass is 334 g/mol. The molecule has 0 spiro atoms. The van der Waals surface area contributed by atoms with Crippen molar-refractivity contribution in [2.75, 3.05) is 5.73 Å². The Morgan fingerprint density at radius 2 is 2.22 bits per heavy atom. The molecule has 2 rings (SSSR count). The zero-order valence-corrected chi connectivity index (χ0v) is 12.1. The number of amides is 1. The van der Waals surface area contributed by atoms with Crippen molar-refractivity contribution >= 4 is 39.1 Å². The van der Waals surface area contributed by atoms with Gasteiger partial charge in [0, 0.05) is 6.04 Å². The molecule has 18 heavy (non-hydrogen) atoms. The van der Waals surface area contributed by atoms with E-state index in [0.717, 1.165) is 12.8 Å². The molecule has 98 valence electrons. The molecular weight excluding hydrogens is 323 g/mol. The minimum Gasteiger partial charge on any atom is -0.397 e. The first-order chi connectivity index (χ1) is 8.43. The Morgan fingerprint density at radius 1 is 1.61 bits per heavy atom. The van der Waals surface area contributed by atoms with Gasteiger partial charge < -0.3 is 10.6 Å². The molecule has 0 saturated heterocycles. The summed E-state index contributed by atoms with van der Waals surface area (Å²) in [5, 5.41) is 0. The number of nitrogens with two attached hydrogens (primary N) is 1. The van der Waals surface area contributed by atoms with Crippen molar-refractivity contribution < 1.29 is 9.18 Å². The second-order valence-electron chi connectivity index (χ2n) is 4.34. The summed E-state index contributed by atoms with van der Waals surface area (Å²) >= 11 is 9.06. The maximum Gasteiger partial charge on any atom is 0.257 e. The van der Waals surface area contributed by atoms with Crippen LogP contribution >= 0.6 is 27.5 Å². The normalized spacial score (nSPS) is 16.4. The van der Waals surface area contributed by atoms with Crippen molar-refractivity contribution in [3.8, 4) is 0 Å². The number of carbonyl (C=O) groups is 1. The van der Waals surface area contributed by atoms with Gasteiger partial charge in [0.1, 0.15) is 11.3 Å². The Morgan fingerprint density at radius 3 is 2.72 bits per heavy atom. The Hall–Kier alpha value is -0.810. The fraction of sp³-hybridized carbons (Fsp3) is 0.417. The second-order valence-corrected chi connectivity index (χ2v) is 5.76. The van der Waals surface area contributed by atoms with Crippen LogP contribution in [-0.4, -0.2) is 22.3 Å². The second kappa shape index (κ2) is 5.05. The average molecular weight is 336 g/mol. The first-order valence-electron chi connectivity index (χ1n) is 5.63. The molecule has 2 N–H and O–H groups in total. The molecule has 1 fully saturated rings. The Kier molecular flexibility index (Phi) is 3.82. The topological polar surface area (TPSA) is 46.3 Å². The van der Waals surface area contributed by atoms with Crippen molar-refractivity contribution in [3.63, 3.8) is 0 Å². The van der Waals surface area contributed by atoms with Crippen LogP contribution in [0.1, 0.15) is 30.1 Å². The van der Waals surface area contributed by atoms with Gasteiger partial charge in [-0.15, -0.1) is 0 Å². The molecule has 1 unspecified atom stereocenters. The molecule has 1 aliphatic rings. The minimum atomic E-state index is -0.485. The van der Waals surface area contributed by atoms with E-state index in [1.54, 1.807) is 11.8 Å². The molecule has 1 amide bonds. The van der Waals surface area contributed by atoms with Crippen molar-refractivity contribution in [1.29, 1.82) is 0 Å². The minimum absolute atomic E-state index is 0.114. The number of nitrogen functional groups attached to an aromatic ring is 1.